The Labute approximate surface area is 98.8 Å². The SMILES string of the molecule is COC(=O)[C@H]1N[C@H]1CO[Si](C)(C)C(C)(C)C. The van der Waals surface area contributed by atoms with E-state index < -0.39 is 8.32 Å². The Morgan fingerprint density at radius 2 is 1.94 bits per heavy atom. The Kier molecular flexibility index (Phi) is 3.82. The minimum absolute atomic E-state index is 0.140. The highest BCUT2D eigenvalue weighted by Gasteiger charge is 2.46. The lowest BCUT2D eigenvalue weighted by Gasteiger charge is -2.36. The Morgan fingerprint density at radius 3 is 2.38 bits per heavy atom. The van der Waals surface area contributed by atoms with Gasteiger partial charge in [-0.3, -0.25) is 10.1 Å². The number of hydrogen-bond donors (Lipinski definition) is 1. The summed E-state index contributed by atoms with van der Waals surface area (Å²) in [5, 5.41) is 3.28. The van der Waals surface area contributed by atoms with Gasteiger partial charge >= 0.3 is 5.97 Å². The van der Waals surface area contributed by atoms with E-state index in [1.807, 2.05) is 0 Å². The normalized spacial score (nSPS) is 25.4. The summed E-state index contributed by atoms with van der Waals surface area (Å²) >= 11 is 0. The van der Waals surface area contributed by atoms with Gasteiger partial charge in [-0.05, 0) is 18.1 Å². The average Bonchev–Trinajstić information content (AvgIpc) is 2.91. The molecule has 0 amide bonds. The van der Waals surface area contributed by atoms with Gasteiger partial charge in [0.1, 0.15) is 6.04 Å². The number of ether oxygens (including phenoxy) is 1. The topological polar surface area (TPSA) is 57.5 Å². The third-order valence-corrected chi connectivity index (χ3v) is 8.07. The lowest BCUT2D eigenvalue weighted by atomic mass is 10.2. The fourth-order valence-corrected chi connectivity index (χ4v) is 2.22. The molecule has 2 atom stereocenters. The van der Waals surface area contributed by atoms with Gasteiger partial charge in [-0.15, -0.1) is 0 Å². The fourth-order valence-electron chi connectivity index (χ4n) is 1.19. The van der Waals surface area contributed by atoms with Crippen molar-refractivity contribution in [2.24, 2.45) is 0 Å². The number of carbonyl (C=O) groups excluding carboxylic acids is 1. The molecule has 1 saturated heterocycles. The van der Waals surface area contributed by atoms with Crippen molar-refractivity contribution in [1.82, 2.24) is 5.32 Å². The van der Waals surface area contributed by atoms with Gasteiger partial charge < -0.3 is 9.16 Å². The van der Waals surface area contributed by atoms with Gasteiger partial charge in [-0.2, -0.15) is 0 Å². The van der Waals surface area contributed by atoms with Crippen LogP contribution in [-0.2, 0) is 14.0 Å². The number of carbonyl (C=O) groups is 1. The standard InChI is InChI=1S/C11H23NO3Si/c1-11(2,3)16(5,6)15-7-8-9(12-8)10(13)14-4/h8-9,12H,7H2,1-6H3/t8-,9-/m0/s1. The molecule has 0 aromatic heterocycles. The number of hydrogen-bond acceptors (Lipinski definition) is 4. The summed E-state index contributed by atoms with van der Waals surface area (Å²) in [4.78, 5) is 11.2. The number of rotatable bonds is 4. The van der Waals surface area contributed by atoms with Crippen LogP contribution in [0.2, 0.25) is 18.1 Å². The molecule has 4 nitrogen and oxygen atoms in total. The predicted molar refractivity (Wildman–Crippen MR) is 65.9 cm³/mol. The Morgan fingerprint density at radius 1 is 1.38 bits per heavy atom. The summed E-state index contributed by atoms with van der Waals surface area (Å²) in [5.74, 6) is -0.191. The molecule has 0 saturated carbocycles. The largest absolute Gasteiger partial charge is 0.468 e. The molecular formula is C11H23NO3Si. The van der Waals surface area contributed by atoms with Crippen molar-refractivity contribution in [2.45, 2.75) is 51.0 Å². The lowest BCUT2D eigenvalue weighted by Crippen LogP contribution is -2.42. The van der Waals surface area contributed by atoms with Crippen LogP contribution in [0.5, 0.6) is 0 Å². The van der Waals surface area contributed by atoms with Crippen molar-refractivity contribution in [1.29, 1.82) is 0 Å². The van der Waals surface area contributed by atoms with E-state index in [9.17, 15) is 4.79 Å². The molecule has 1 aliphatic rings. The van der Waals surface area contributed by atoms with Gasteiger partial charge in [0.15, 0.2) is 8.32 Å². The van der Waals surface area contributed by atoms with Crippen molar-refractivity contribution in [3.8, 4) is 0 Å². The lowest BCUT2D eigenvalue weighted by molar-refractivity contribution is -0.140. The highest BCUT2D eigenvalue weighted by atomic mass is 28.4. The van der Waals surface area contributed by atoms with Gasteiger partial charge in [-0.1, -0.05) is 20.8 Å². The van der Waals surface area contributed by atoms with Gasteiger partial charge in [0.25, 0.3) is 0 Å². The van der Waals surface area contributed by atoms with Gasteiger partial charge in [-0.25, -0.2) is 0 Å². The first-order valence-electron chi connectivity index (χ1n) is 5.67. The van der Waals surface area contributed by atoms with E-state index in [4.69, 9.17) is 4.43 Å². The third-order valence-electron chi connectivity index (χ3n) is 3.57. The molecule has 5 heteroatoms. The molecular weight excluding hydrogens is 222 g/mol. The first kappa shape index (κ1) is 13.7. The zero-order valence-corrected chi connectivity index (χ0v) is 12.1. The van der Waals surface area contributed by atoms with E-state index in [1.165, 1.54) is 7.11 Å². The number of esters is 1. The van der Waals surface area contributed by atoms with Gasteiger partial charge in [0.05, 0.1) is 19.8 Å². The summed E-state index contributed by atoms with van der Waals surface area (Å²) < 4.78 is 10.7. The molecule has 1 rings (SSSR count). The van der Waals surface area contributed by atoms with Crippen molar-refractivity contribution < 1.29 is 14.0 Å². The molecule has 0 unspecified atom stereocenters. The van der Waals surface area contributed by atoms with E-state index in [0.717, 1.165) is 0 Å². The van der Waals surface area contributed by atoms with E-state index in [2.05, 4.69) is 43.9 Å². The molecule has 0 aliphatic carbocycles. The highest BCUT2D eigenvalue weighted by Crippen LogP contribution is 2.36. The number of nitrogens with one attached hydrogen (secondary N) is 1. The second-order valence-corrected chi connectivity index (χ2v) is 10.7. The van der Waals surface area contributed by atoms with Crippen LogP contribution >= 0.6 is 0 Å². The van der Waals surface area contributed by atoms with Crippen LogP contribution in [0.4, 0.5) is 0 Å². The Hall–Kier alpha value is -0.393. The second-order valence-electron chi connectivity index (χ2n) is 5.85. The van der Waals surface area contributed by atoms with Crippen molar-refractivity contribution in [2.75, 3.05) is 13.7 Å². The third kappa shape index (κ3) is 3.05. The molecule has 1 fully saturated rings. The Bertz CT molecular complexity index is 273. The Balaban J connectivity index is 2.35. The van der Waals surface area contributed by atoms with E-state index in [0.29, 0.717) is 6.61 Å². The molecule has 16 heavy (non-hydrogen) atoms. The van der Waals surface area contributed by atoms with E-state index in [1.54, 1.807) is 0 Å². The molecule has 1 N–H and O–H groups in total. The highest BCUT2D eigenvalue weighted by molar-refractivity contribution is 6.74. The quantitative estimate of drug-likeness (QED) is 0.463. The van der Waals surface area contributed by atoms with Crippen LogP contribution in [0.3, 0.4) is 0 Å². The minimum atomic E-state index is -1.69. The second kappa shape index (κ2) is 4.47. The van der Waals surface area contributed by atoms with Crippen molar-refractivity contribution in [3.05, 3.63) is 0 Å². The van der Waals surface area contributed by atoms with Gasteiger partial charge in [0.2, 0.25) is 0 Å². The molecule has 1 heterocycles. The van der Waals surface area contributed by atoms with E-state index >= 15 is 0 Å². The monoisotopic (exact) mass is 245 g/mol. The average molecular weight is 245 g/mol. The summed E-state index contributed by atoms with van der Waals surface area (Å²) in [5.41, 5.74) is 0. The molecule has 0 aromatic rings. The van der Waals surface area contributed by atoms with Crippen LogP contribution in [0, 0.1) is 0 Å². The maximum absolute atomic E-state index is 11.2. The minimum Gasteiger partial charge on any atom is -0.468 e. The van der Waals surface area contributed by atoms with Crippen LogP contribution in [0.25, 0.3) is 0 Å². The molecule has 0 spiro atoms. The van der Waals surface area contributed by atoms with E-state index in [-0.39, 0.29) is 23.1 Å². The van der Waals surface area contributed by atoms with Crippen molar-refractivity contribution in [3.63, 3.8) is 0 Å². The molecule has 1 aliphatic heterocycles. The first-order valence-corrected chi connectivity index (χ1v) is 8.58. The van der Waals surface area contributed by atoms with Crippen LogP contribution in [0.15, 0.2) is 0 Å². The molecule has 0 aromatic carbocycles. The maximum atomic E-state index is 11.2. The summed E-state index contributed by atoms with van der Waals surface area (Å²) in [6.45, 7) is 11.6. The first-order chi connectivity index (χ1) is 7.19. The molecule has 94 valence electrons. The van der Waals surface area contributed by atoms with Crippen LogP contribution in [0.1, 0.15) is 20.8 Å². The van der Waals surface area contributed by atoms with Gasteiger partial charge in [0, 0.05) is 0 Å². The summed E-state index contributed by atoms with van der Waals surface area (Å²) in [6.07, 6.45) is 0. The fraction of sp³-hybridized carbons (Fsp3) is 0.909. The van der Waals surface area contributed by atoms with Crippen LogP contribution in [-0.4, -0.2) is 40.1 Å². The zero-order valence-electron chi connectivity index (χ0n) is 11.1. The molecule has 0 radical (unpaired) electrons. The zero-order chi connectivity index (χ0) is 12.6. The molecule has 0 bridgehead atoms. The predicted octanol–water partition coefficient (Wildman–Crippen LogP) is 1.52. The summed E-state index contributed by atoms with van der Waals surface area (Å²) in [6, 6.07) is -0.0173. The number of methoxy groups -OCH3 is 1. The smallest absolute Gasteiger partial charge is 0.324 e. The van der Waals surface area contributed by atoms with Crippen molar-refractivity contribution >= 4 is 14.3 Å². The van der Waals surface area contributed by atoms with Crippen LogP contribution < -0.4 is 5.32 Å². The maximum Gasteiger partial charge on any atom is 0.324 e. The summed E-state index contributed by atoms with van der Waals surface area (Å²) in [7, 11) is -0.284.